The number of aryl methyl sites for hydroxylation is 1. The van der Waals surface area contributed by atoms with Crippen LogP contribution in [-0.2, 0) is 0 Å². The number of nitrogens with one attached hydrogen (secondary N) is 2. The summed E-state index contributed by atoms with van der Waals surface area (Å²) in [7, 11) is 2.26. The molecule has 3 saturated heterocycles. The van der Waals surface area contributed by atoms with Crippen molar-refractivity contribution in [2.24, 2.45) is 0 Å². The number of aromatic amines is 1. The lowest BCUT2D eigenvalue weighted by atomic mass is 9.94. The van der Waals surface area contributed by atoms with Gasteiger partial charge in [0, 0.05) is 31.4 Å². The summed E-state index contributed by atoms with van der Waals surface area (Å²) in [5.74, 6) is 1.07. The normalized spacial score (nSPS) is 29.0. The van der Waals surface area contributed by atoms with E-state index in [1.807, 2.05) is 12.3 Å². The van der Waals surface area contributed by atoms with Crippen molar-refractivity contribution in [3.8, 4) is 0 Å². The predicted octanol–water partition coefficient (Wildman–Crippen LogP) is 4.11. The zero-order valence-electron chi connectivity index (χ0n) is 18.5. The Hall–Kier alpha value is -2.44. The van der Waals surface area contributed by atoms with Gasteiger partial charge in [-0.2, -0.15) is 0 Å². The van der Waals surface area contributed by atoms with Crippen LogP contribution in [0.25, 0.3) is 11.0 Å². The second-order valence-corrected chi connectivity index (χ2v) is 9.72. The van der Waals surface area contributed by atoms with Crippen molar-refractivity contribution in [2.75, 3.05) is 25.0 Å². The van der Waals surface area contributed by atoms with Crippen LogP contribution in [0.3, 0.4) is 0 Å². The molecule has 6 nitrogen and oxygen atoms in total. The molecule has 6 rings (SSSR count). The predicted molar refractivity (Wildman–Crippen MR) is 124 cm³/mol. The molecule has 3 aromatic rings. The van der Waals surface area contributed by atoms with E-state index in [2.05, 4.69) is 63.3 Å². The molecule has 2 bridgehead atoms. The van der Waals surface area contributed by atoms with E-state index in [4.69, 9.17) is 4.98 Å². The highest BCUT2D eigenvalue weighted by atomic mass is 15.3. The third-order valence-corrected chi connectivity index (χ3v) is 7.56. The van der Waals surface area contributed by atoms with Gasteiger partial charge in [-0.25, -0.2) is 4.98 Å². The van der Waals surface area contributed by atoms with E-state index in [1.54, 1.807) is 0 Å². The number of H-pyrrole nitrogens is 1. The van der Waals surface area contributed by atoms with Gasteiger partial charge in [0.1, 0.15) is 5.82 Å². The quantitative estimate of drug-likeness (QED) is 0.673. The minimum Gasteiger partial charge on any atom is -0.361 e. The van der Waals surface area contributed by atoms with Crippen molar-refractivity contribution < 1.29 is 0 Å². The number of hydrogen-bond acceptors (Lipinski definition) is 5. The molecule has 31 heavy (non-hydrogen) atoms. The average Bonchev–Trinajstić information content (AvgIpc) is 3.33. The maximum Gasteiger partial charge on any atom is 0.124 e. The van der Waals surface area contributed by atoms with Crippen molar-refractivity contribution in [1.82, 2.24) is 25.2 Å². The summed E-state index contributed by atoms with van der Waals surface area (Å²) in [5.41, 5.74) is 6.07. The van der Waals surface area contributed by atoms with Crippen LogP contribution >= 0.6 is 0 Å². The second-order valence-electron chi connectivity index (χ2n) is 9.72. The van der Waals surface area contributed by atoms with Crippen LogP contribution in [0.15, 0.2) is 36.5 Å². The number of pyridine rings is 1. The minimum absolute atomic E-state index is 0.240. The lowest BCUT2D eigenvalue weighted by molar-refractivity contribution is 0.265. The van der Waals surface area contributed by atoms with Gasteiger partial charge in [0.2, 0.25) is 0 Å². The number of rotatable bonds is 3. The molecule has 2 aromatic heterocycles. The van der Waals surface area contributed by atoms with Gasteiger partial charge in [-0.1, -0.05) is 12.1 Å². The largest absolute Gasteiger partial charge is 0.361 e. The maximum absolute atomic E-state index is 5.05. The van der Waals surface area contributed by atoms with Gasteiger partial charge in [0.15, 0.2) is 0 Å². The number of imidazole rings is 1. The number of likely N-dealkylation sites (N-methyl/N-ethyl adjacent to an activating group) is 1. The molecule has 0 saturated carbocycles. The zero-order valence-corrected chi connectivity index (χ0v) is 18.5. The monoisotopic (exact) mass is 416 g/mol. The molecule has 4 atom stereocenters. The first-order valence-electron chi connectivity index (χ1n) is 11.8. The minimum atomic E-state index is 0.240. The molecule has 3 aliphatic heterocycles. The maximum atomic E-state index is 5.05. The standard InChI is InChI=1S/C25H32N6/c1-16-6-5-13-26-23(16)19-7-3-9-21(27-19)25-28-20-8-4-10-22(24(20)29-25)31-17-11-12-18(31)15-30(2)14-17/h4-6,8,10,13,17-19,21,27H,3,7,9,11-12,14-15H2,1-2H3,(H,28,29)/t17?,18?,19-,21+/m0/s1. The van der Waals surface area contributed by atoms with Gasteiger partial charge in [0.25, 0.3) is 0 Å². The van der Waals surface area contributed by atoms with E-state index >= 15 is 0 Å². The van der Waals surface area contributed by atoms with Crippen molar-refractivity contribution >= 4 is 16.7 Å². The Kier molecular flexibility index (Phi) is 4.73. The number of hydrogen-bond donors (Lipinski definition) is 2. The molecule has 3 fully saturated rings. The van der Waals surface area contributed by atoms with Crippen molar-refractivity contribution in [2.45, 2.75) is 63.2 Å². The molecule has 2 N–H and O–H groups in total. The van der Waals surface area contributed by atoms with E-state index in [-0.39, 0.29) is 6.04 Å². The average molecular weight is 417 g/mol. The number of para-hydroxylation sites is 1. The van der Waals surface area contributed by atoms with E-state index in [0.29, 0.717) is 18.1 Å². The molecule has 2 unspecified atom stereocenters. The molecule has 5 heterocycles. The number of piperidine rings is 1. The van der Waals surface area contributed by atoms with Crippen molar-refractivity contribution in [1.29, 1.82) is 0 Å². The number of fused-ring (bicyclic) bond motifs is 3. The lowest BCUT2D eigenvalue weighted by Crippen LogP contribution is -2.52. The number of aromatic nitrogens is 3. The summed E-state index contributed by atoms with van der Waals surface area (Å²) < 4.78 is 0. The van der Waals surface area contributed by atoms with Crippen LogP contribution in [0.4, 0.5) is 5.69 Å². The number of likely N-dealkylation sites (tertiary alicyclic amines) is 1. The molecule has 0 amide bonds. The van der Waals surface area contributed by atoms with Crippen molar-refractivity contribution in [3.05, 3.63) is 53.6 Å². The van der Waals surface area contributed by atoms with Gasteiger partial charge in [-0.15, -0.1) is 0 Å². The SMILES string of the molecule is Cc1cccnc1[C@@H]1CCC[C@H](c2nc3cccc(N4C5CCC4CN(C)C5)c3[nH]2)N1. The summed E-state index contributed by atoms with van der Waals surface area (Å²) >= 11 is 0. The molecule has 6 heteroatoms. The molecule has 0 radical (unpaired) electrons. The van der Waals surface area contributed by atoms with Crippen LogP contribution in [0.2, 0.25) is 0 Å². The summed E-state index contributed by atoms with van der Waals surface area (Å²) in [6.45, 7) is 4.47. The summed E-state index contributed by atoms with van der Waals surface area (Å²) in [6.07, 6.45) is 7.92. The van der Waals surface area contributed by atoms with Gasteiger partial charge >= 0.3 is 0 Å². The number of nitrogens with zero attached hydrogens (tertiary/aromatic N) is 4. The second kappa shape index (κ2) is 7.61. The molecular formula is C25H32N6. The molecule has 0 spiro atoms. The Balaban J connectivity index is 1.31. The van der Waals surface area contributed by atoms with E-state index in [1.165, 1.54) is 41.7 Å². The van der Waals surface area contributed by atoms with Gasteiger partial charge < -0.3 is 14.8 Å². The molecule has 162 valence electrons. The zero-order chi connectivity index (χ0) is 20.9. The van der Waals surface area contributed by atoms with Crippen LogP contribution < -0.4 is 10.2 Å². The fourth-order valence-electron chi connectivity index (χ4n) is 6.15. The van der Waals surface area contributed by atoms with Gasteiger partial charge in [-0.05, 0) is 69.8 Å². The highest BCUT2D eigenvalue weighted by Gasteiger charge is 2.39. The molecular weight excluding hydrogens is 384 g/mol. The number of benzene rings is 1. The Bertz CT molecular complexity index is 1080. The summed E-state index contributed by atoms with van der Waals surface area (Å²) in [6, 6.07) is 12.6. The van der Waals surface area contributed by atoms with Crippen LogP contribution in [-0.4, -0.2) is 52.1 Å². The summed E-state index contributed by atoms with van der Waals surface area (Å²) in [4.78, 5) is 18.6. The van der Waals surface area contributed by atoms with Gasteiger partial charge in [-0.3, -0.25) is 10.3 Å². The fourth-order valence-corrected chi connectivity index (χ4v) is 6.15. The van der Waals surface area contributed by atoms with E-state index < -0.39 is 0 Å². The highest BCUT2D eigenvalue weighted by molar-refractivity contribution is 5.89. The highest BCUT2D eigenvalue weighted by Crippen LogP contribution is 2.39. The first-order valence-corrected chi connectivity index (χ1v) is 11.8. The Morgan fingerprint density at radius 3 is 2.58 bits per heavy atom. The Labute approximate surface area is 184 Å². The number of piperazine rings is 1. The first-order chi connectivity index (χ1) is 15.2. The van der Waals surface area contributed by atoms with E-state index in [0.717, 1.165) is 37.3 Å². The van der Waals surface area contributed by atoms with Crippen molar-refractivity contribution in [3.63, 3.8) is 0 Å². The van der Waals surface area contributed by atoms with Gasteiger partial charge in [0.05, 0.1) is 34.5 Å². The summed E-state index contributed by atoms with van der Waals surface area (Å²) in [5, 5.41) is 3.85. The van der Waals surface area contributed by atoms with Crippen LogP contribution in [0.1, 0.15) is 61.3 Å². The van der Waals surface area contributed by atoms with E-state index in [9.17, 15) is 0 Å². The lowest BCUT2D eigenvalue weighted by Gasteiger charge is -2.41. The molecule has 0 aliphatic carbocycles. The smallest absolute Gasteiger partial charge is 0.124 e. The molecule has 1 aromatic carbocycles. The Morgan fingerprint density at radius 2 is 1.77 bits per heavy atom. The third kappa shape index (κ3) is 3.33. The molecule has 3 aliphatic rings. The van der Waals surface area contributed by atoms with Crippen LogP contribution in [0.5, 0.6) is 0 Å². The third-order valence-electron chi connectivity index (χ3n) is 7.56. The first kappa shape index (κ1) is 19.3. The topological polar surface area (TPSA) is 60.1 Å². The van der Waals surface area contributed by atoms with Crippen LogP contribution in [0, 0.1) is 6.92 Å². The number of anilines is 1. The fraction of sp³-hybridized carbons (Fsp3) is 0.520. The Morgan fingerprint density at radius 1 is 0.968 bits per heavy atom.